The zero-order chi connectivity index (χ0) is 21.2. The third-order valence-corrected chi connectivity index (χ3v) is 4.66. The van der Waals surface area contributed by atoms with Crippen LogP contribution in [0.2, 0.25) is 5.02 Å². The van der Waals surface area contributed by atoms with Crippen molar-refractivity contribution >= 4 is 11.6 Å². The van der Waals surface area contributed by atoms with Gasteiger partial charge in [0.1, 0.15) is 5.82 Å². The Morgan fingerprint density at radius 1 is 1.17 bits per heavy atom. The number of rotatable bonds is 5. The van der Waals surface area contributed by atoms with Gasteiger partial charge in [-0.2, -0.15) is 18.2 Å². The van der Waals surface area contributed by atoms with E-state index in [1.807, 2.05) is 0 Å². The minimum Gasteiger partial charge on any atom is -0.490 e. The van der Waals surface area contributed by atoms with Crippen molar-refractivity contribution in [3.8, 4) is 17.1 Å². The topological polar surface area (TPSA) is 64.3 Å². The average molecular weight is 425 g/mol. The summed E-state index contributed by atoms with van der Waals surface area (Å²) in [6.45, 7) is 0.00523. The predicted molar refractivity (Wildman–Crippen MR) is 102 cm³/mol. The van der Waals surface area contributed by atoms with E-state index in [4.69, 9.17) is 16.3 Å². The summed E-state index contributed by atoms with van der Waals surface area (Å²) in [6, 6.07) is 10.4. The highest BCUT2D eigenvalue weighted by molar-refractivity contribution is 6.34. The van der Waals surface area contributed by atoms with Gasteiger partial charge >= 0.3 is 11.7 Å². The highest BCUT2D eigenvalue weighted by Gasteiger charge is 2.34. The van der Waals surface area contributed by atoms with Crippen molar-refractivity contribution in [1.29, 1.82) is 0 Å². The Kier molecular flexibility index (Phi) is 5.95. The number of aromatic nitrogens is 2. The van der Waals surface area contributed by atoms with E-state index in [9.17, 15) is 23.1 Å². The molecule has 0 saturated carbocycles. The second-order valence-corrected chi connectivity index (χ2v) is 6.59. The number of alkyl halides is 3. The number of ether oxygens (including phenoxy) is 1. The van der Waals surface area contributed by atoms with Crippen LogP contribution in [-0.2, 0) is 19.3 Å². The largest absolute Gasteiger partial charge is 0.490 e. The molecule has 0 radical (unpaired) electrons. The molecular weight excluding hydrogens is 409 g/mol. The Labute approximate surface area is 169 Å². The molecule has 0 atom stereocenters. The van der Waals surface area contributed by atoms with Crippen molar-refractivity contribution < 1.29 is 23.0 Å². The van der Waals surface area contributed by atoms with Gasteiger partial charge in [0.15, 0.2) is 0 Å². The lowest BCUT2D eigenvalue weighted by Gasteiger charge is -2.17. The highest BCUT2D eigenvalue weighted by atomic mass is 35.5. The molecule has 0 aliphatic carbocycles. The minimum absolute atomic E-state index is 0.0266. The first-order valence-corrected chi connectivity index (χ1v) is 8.82. The van der Waals surface area contributed by atoms with Crippen LogP contribution in [0.15, 0.2) is 53.5 Å². The summed E-state index contributed by atoms with van der Waals surface area (Å²) in [6.07, 6.45) is -3.28. The van der Waals surface area contributed by atoms with Gasteiger partial charge in [0.2, 0.25) is 5.75 Å². The number of halogens is 4. The summed E-state index contributed by atoms with van der Waals surface area (Å²) in [5.41, 5.74) is -0.359. The molecule has 0 amide bonds. The first kappa shape index (κ1) is 20.9. The van der Waals surface area contributed by atoms with Gasteiger partial charge in [-0.05, 0) is 23.3 Å². The maximum absolute atomic E-state index is 13.3. The molecule has 0 aliphatic rings. The van der Waals surface area contributed by atoms with Gasteiger partial charge in [-0.1, -0.05) is 41.9 Å². The molecule has 1 aromatic heterocycles. The van der Waals surface area contributed by atoms with E-state index in [1.54, 1.807) is 24.3 Å². The third-order valence-electron chi connectivity index (χ3n) is 4.26. The molecule has 1 N–H and O–H groups in total. The zero-order valence-corrected chi connectivity index (χ0v) is 16.0. The Morgan fingerprint density at radius 2 is 1.86 bits per heavy atom. The van der Waals surface area contributed by atoms with Crippen LogP contribution in [0.4, 0.5) is 13.2 Å². The number of nitrogens with zero attached hydrogens (tertiary/aromatic N) is 2. The SMILES string of the molecule is COc1cn(Cc2cccc(CO)c2)c(-c2cccc(C(F)(F)F)c2Cl)nc1=O. The fourth-order valence-corrected chi connectivity index (χ4v) is 3.21. The van der Waals surface area contributed by atoms with E-state index >= 15 is 0 Å². The Bertz CT molecular complexity index is 1100. The smallest absolute Gasteiger partial charge is 0.417 e. The number of hydrogen-bond acceptors (Lipinski definition) is 4. The fourth-order valence-electron chi connectivity index (χ4n) is 2.90. The summed E-state index contributed by atoms with van der Waals surface area (Å²) in [5.74, 6) is -0.0866. The van der Waals surface area contributed by atoms with Crippen LogP contribution in [0.5, 0.6) is 5.75 Å². The molecule has 3 aromatic rings. The fraction of sp³-hybridized carbons (Fsp3) is 0.200. The summed E-state index contributed by atoms with van der Waals surface area (Å²) < 4.78 is 46.3. The van der Waals surface area contributed by atoms with E-state index in [0.29, 0.717) is 5.56 Å². The second-order valence-electron chi connectivity index (χ2n) is 6.21. The first-order chi connectivity index (χ1) is 13.7. The van der Waals surface area contributed by atoms with Crippen molar-refractivity contribution in [3.05, 3.63) is 80.7 Å². The molecule has 5 nitrogen and oxygen atoms in total. The lowest BCUT2D eigenvalue weighted by atomic mass is 10.1. The van der Waals surface area contributed by atoms with Crippen LogP contribution in [0.3, 0.4) is 0 Å². The van der Waals surface area contributed by atoms with Crippen LogP contribution >= 0.6 is 11.6 Å². The van der Waals surface area contributed by atoms with Crippen molar-refractivity contribution in [2.45, 2.75) is 19.3 Å². The van der Waals surface area contributed by atoms with Gasteiger partial charge in [0.05, 0.1) is 30.5 Å². The lowest BCUT2D eigenvalue weighted by molar-refractivity contribution is -0.137. The number of hydrogen-bond donors (Lipinski definition) is 1. The maximum atomic E-state index is 13.3. The summed E-state index contributed by atoms with van der Waals surface area (Å²) >= 11 is 6.04. The van der Waals surface area contributed by atoms with E-state index < -0.39 is 22.3 Å². The Hall–Kier alpha value is -2.84. The van der Waals surface area contributed by atoms with E-state index in [2.05, 4.69) is 4.98 Å². The molecule has 0 aliphatic heterocycles. The van der Waals surface area contributed by atoms with Crippen molar-refractivity contribution in [3.63, 3.8) is 0 Å². The molecule has 152 valence electrons. The van der Waals surface area contributed by atoms with Crippen LogP contribution in [0.25, 0.3) is 11.4 Å². The maximum Gasteiger partial charge on any atom is 0.417 e. The molecule has 29 heavy (non-hydrogen) atoms. The van der Waals surface area contributed by atoms with Crippen molar-refractivity contribution in [1.82, 2.24) is 9.55 Å². The number of benzene rings is 2. The average Bonchev–Trinajstić information content (AvgIpc) is 2.68. The molecule has 0 saturated heterocycles. The van der Waals surface area contributed by atoms with Gasteiger partial charge in [-0.3, -0.25) is 4.79 Å². The number of methoxy groups -OCH3 is 1. The van der Waals surface area contributed by atoms with Crippen LogP contribution in [0, 0.1) is 0 Å². The molecule has 0 fully saturated rings. The molecule has 9 heteroatoms. The monoisotopic (exact) mass is 424 g/mol. The molecular formula is C20H16ClF3N2O3. The Balaban J connectivity index is 2.19. The summed E-state index contributed by atoms with van der Waals surface area (Å²) in [4.78, 5) is 16.1. The lowest BCUT2D eigenvalue weighted by Crippen LogP contribution is -2.18. The van der Waals surface area contributed by atoms with Gasteiger partial charge in [0, 0.05) is 12.1 Å². The van der Waals surface area contributed by atoms with Gasteiger partial charge in [0.25, 0.3) is 0 Å². The van der Waals surface area contributed by atoms with Gasteiger partial charge in [-0.25, -0.2) is 0 Å². The normalized spacial score (nSPS) is 11.5. The summed E-state index contributed by atoms with van der Waals surface area (Å²) in [5, 5.41) is 8.77. The van der Waals surface area contributed by atoms with E-state index in [1.165, 1.54) is 30.0 Å². The number of aliphatic hydroxyl groups is 1. The minimum atomic E-state index is -4.65. The van der Waals surface area contributed by atoms with Crippen LogP contribution in [-0.4, -0.2) is 21.8 Å². The molecule has 0 unspecified atom stereocenters. The summed E-state index contributed by atoms with van der Waals surface area (Å²) in [7, 11) is 1.30. The molecule has 3 rings (SSSR count). The van der Waals surface area contributed by atoms with E-state index in [-0.39, 0.29) is 30.3 Å². The predicted octanol–water partition coefficient (Wildman–Crippen LogP) is 4.13. The molecule has 1 heterocycles. The van der Waals surface area contributed by atoms with Crippen LogP contribution in [0.1, 0.15) is 16.7 Å². The molecule has 0 spiro atoms. The standard InChI is InChI=1S/C20H16ClF3N2O3/c1-29-16-10-26(9-12-4-2-5-13(8-12)11-27)18(25-19(16)28)14-6-3-7-15(17(14)21)20(22,23)24/h2-8,10,27H,9,11H2,1H3. The quantitative estimate of drug-likeness (QED) is 0.669. The van der Waals surface area contributed by atoms with Gasteiger partial charge < -0.3 is 14.4 Å². The van der Waals surface area contributed by atoms with Crippen molar-refractivity contribution in [2.24, 2.45) is 0 Å². The molecule has 0 bridgehead atoms. The second kappa shape index (κ2) is 8.26. The van der Waals surface area contributed by atoms with Crippen molar-refractivity contribution in [2.75, 3.05) is 7.11 Å². The van der Waals surface area contributed by atoms with E-state index in [0.717, 1.165) is 11.6 Å². The highest BCUT2D eigenvalue weighted by Crippen LogP contribution is 2.39. The zero-order valence-electron chi connectivity index (χ0n) is 15.2. The molecule has 2 aromatic carbocycles. The third kappa shape index (κ3) is 4.44. The Morgan fingerprint density at radius 3 is 2.52 bits per heavy atom. The van der Waals surface area contributed by atoms with Gasteiger partial charge in [-0.15, -0.1) is 0 Å². The first-order valence-electron chi connectivity index (χ1n) is 8.45. The van der Waals surface area contributed by atoms with Crippen LogP contribution < -0.4 is 10.3 Å². The number of aliphatic hydroxyl groups excluding tert-OH is 1.